The zero-order chi connectivity index (χ0) is 31.0. The largest absolute Gasteiger partial charge is 0.336 e. The highest BCUT2D eigenvalue weighted by molar-refractivity contribution is 7.90. The number of nitrogens with one attached hydrogen (secondary N) is 3. The molecule has 6 aromatic rings. The minimum Gasteiger partial charge on any atom is -0.336 e. The number of fused-ring (bicyclic) bond motifs is 2. The first-order chi connectivity index (χ1) is 21.8. The van der Waals surface area contributed by atoms with Crippen molar-refractivity contribution in [1.82, 2.24) is 35.5 Å². The zero-order valence-corrected chi connectivity index (χ0v) is 25.8. The van der Waals surface area contributed by atoms with E-state index in [0.29, 0.717) is 33.9 Å². The summed E-state index contributed by atoms with van der Waals surface area (Å²) in [6.07, 6.45) is 12.2. The standard InChI is InChI=1S/C34H34FN7O2S/c1-45(43,44)11-9-22-12-25(15-27(35)14-22)31-33-30(8-10-38-31)39-34(40-33)32-28-16-24(6-7-29(28)41-42-32)26-13-23(19-37-20-26)18-36-17-21-4-2-3-5-21/h6-8,10,12-16,19-21,36H,2-5,9,11,17-18H2,1H3,(H,39,40)(H,41,42). The summed E-state index contributed by atoms with van der Waals surface area (Å²) in [5.74, 6) is 0.816. The third kappa shape index (κ3) is 6.50. The summed E-state index contributed by atoms with van der Waals surface area (Å²) in [7, 11) is -3.19. The quantitative estimate of drug-likeness (QED) is 0.165. The van der Waals surface area contributed by atoms with Crippen LogP contribution in [0, 0.1) is 11.7 Å². The lowest BCUT2D eigenvalue weighted by molar-refractivity contribution is 0.489. The lowest BCUT2D eigenvalue weighted by Crippen LogP contribution is -2.20. The highest BCUT2D eigenvalue weighted by Crippen LogP contribution is 2.33. The molecule has 0 aliphatic heterocycles. The summed E-state index contributed by atoms with van der Waals surface area (Å²) in [5.41, 5.74) is 7.63. The van der Waals surface area contributed by atoms with Crippen LogP contribution in [0.4, 0.5) is 4.39 Å². The molecule has 0 atom stereocenters. The van der Waals surface area contributed by atoms with Crippen molar-refractivity contribution in [3.63, 3.8) is 0 Å². The van der Waals surface area contributed by atoms with Crippen LogP contribution in [0.2, 0.25) is 0 Å². The SMILES string of the molecule is CS(=O)(=O)CCc1cc(F)cc(-c2nccc3[nH]c(-c4n[nH]c5ccc(-c6cncc(CNCC7CCCC7)c6)cc45)nc23)c1. The topological polar surface area (TPSA) is 129 Å². The van der Waals surface area contributed by atoms with Gasteiger partial charge in [-0.2, -0.15) is 5.10 Å². The molecule has 0 spiro atoms. The van der Waals surface area contributed by atoms with E-state index in [0.717, 1.165) is 52.1 Å². The van der Waals surface area contributed by atoms with Gasteiger partial charge in [-0.25, -0.2) is 17.8 Å². The van der Waals surface area contributed by atoms with Gasteiger partial charge in [0.2, 0.25) is 0 Å². The van der Waals surface area contributed by atoms with Gasteiger partial charge in [0, 0.05) is 47.9 Å². The second-order valence-electron chi connectivity index (χ2n) is 12.1. The molecule has 7 rings (SSSR count). The van der Waals surface area contributed by atoms with Gasteiger partial charge >= 0.3 is 0 Å². The van der Waals surface area contributed by atoms with E-state index in [2.05, 4.69) is 48.7 Å². The van der Waals surface area contributed by atoms with Gasteiger partial charge in [-0.1, -0.05) is 18.9 Å². The number of aryl methyl sites for hydroxylation is 1. The summed E-state index contributed by atoms with van der Waals surface area (Å²) in [4.78, 5) is 17.3. The number of aromatic amines is 2. The van der Waals surface area contributed by atoms with Crippen LogP contribution in [-0.4, -0.2) is 57.1 Å². The lowest BCUT2D eigenvalue weighted by Gasteiger charge is -2.11. The normalized spacial score (nSPS) is 14.2. The Morgan fingerprint density at radius 1 is 0.933 bits per heavy atom. The van der Waals surface area contributed by atoms with Crippen molar-refractivity contribution in [3.05, 3.63) is 84.1 Å². The molecule has 1 aliphatic carbocycles. The second kappa shape index (κ2) is 12.1. The molecule has 0 unspecified atom stereocenters. The Balaban J connectivity index is 1.19. The van der Waals surface area contributed by atoms with Gasteiger partial charge in [-0.15, -0.1) is 0 Å². The number of pyridine rings is 2. The predicted octanol–water partition coefficient (Wildman–Crippen LogP) is 6.24. The fourth-order valence-electron chi connectivity index (χ4n) is 6.24. The molecule has 0 bridgehead atoms. The molecule has 11 heteroatoms. The van der Waals surface area contributed by atoms with Crippen molar-refractivity contribution in [3.8, 4) is 33.9 Å². The molecule has 3 N–H and O–H groups in total. The van der Waals surface area contributed by atoms with Crippen molar-refractivity contribution in [2.45, 2.75) is 38.6 Å². The van der Waals surface area contributed by atoms with Crippen molar-refractivity contribution in [1.29, 1.82) is 0 Å². The number of sulfone groups is 1. The molecular formula is C34H34FN7O2S. The monoisotopic (exact) mass is 623 g/mol. The number of halogens is 1. The Labute approximate surface area is 260 Å². The molecule has 1 saturated carbocycles. The Morgan fingerprint density at radius 2 is 1.78 bits per heavy atom. The highest BCUT2D eigenvalue weighted by atomic mass is 32.2. The number of rotatable bonds is 10. The average molecular weight is 624 g/mol. The van der Waals surface area contributed by atoms with E-state index in [4.69, 9.17) is 4.98 Å². The van der Waals surface area contributed by atoms with Gasteiger partial charge in [0.05, 0.1) is 22.5 Å². The number of imidazole rings is 1. The molecule has 230 valence electrons. The number of hydrogen-bond donors (Lipinski definition) is 3. The second-order valence-corrected chi connectivity index (χ2v) is 14.3. The first kappa shape index (κ1) is 29.2. The van der Waals surface area contributed by atoms with Crippen LogP contribution in [-0.2, 0) is 22.8 Å². The molecule has 1 aliphatic rings. The van der Waals surface area contributed by atoms with E-state index < -0.39 is 15.7 Å². The molecular weight excluding hydrogens is 589 g/mol. The van der Waals surface area contributed by atoms with Crippen LogP contribution >= 0.6 is 0 Å². The third-order valence-corrected chi connectivity index (χ3v) is 9.49. The van der Waals surface area contributed by atoms with Crippen LogP contribution in [0.15, 0.2) is 67.1 Å². The molecule has 45 heavy (non-hydrogen) atoms. The summed E-state index contributed by atoms with van der Waals surface area (Å²) >= 11 is 0. The van der Waals surface area contributed by atoms with Crippen LogP contribution < -0.4 is 5.32 Å². The number of H-pyrrole nitrogens is 2. The van der Waals surface area contributed by atoms with Crippen molar-refractivity contribution < 1.29 is 12.8 Å². The molecule has 0 amide bonds. The average Bonchev–Trinajstić information content (AvgIpc) is 3.79. The minimum absolute atomic E-state index is 0.0635. The third-order valence-electron chi connectivity index (χ3n) is 8.55. The van der Waals surface area contributed by atoms with E-state index in [1.54, 1.807) is 12.3 Å². The van der Waals surface area contributed by atoms with E-state index in [-0.39, 0.29) is 12.2 Å². The first-order valence-corrected chi connectivity index (χ1v) is 17.3. The molecule has 1 fully saturated rings. The maximum atomic E-state index is 14.6. The van der Waals surface area contributed by atoms with Gasteiger partial charge in [0.15, 0.2) is 5.82 Å². The molecule has 9 nitrogen and oxygen atoms in total. The minimum atomic E-state index is -3.19. The van der Waals surface area contributed by atoms with Crippen LogP contribution in [0.25, 0.3) is 55.8 Å². The van der Waals surface area contributed by atoms with E-state index in [1.807, 2.05) is 24.5 Å². The number of hydrogen-bond acceptors (Lipinski definition) is 7. The van der Waals surface area contributed by atoms with Gasteiger partial charge in [-0.05, 0) is 90.9 Å². The van der Waals surface area contributed by atoms with Gasteiger partial charge < -0.3 is 10.3 Å². The number of aromatic nitrogens is 6. The Bertz CT molecular complexity index is 2120. The summed E-state index contributed by atoms with van der Waals surface area (Å²) in [6.45, 7) is 1.84. The van der Waals surface area contributed by atoms with Crippen molar-refractivity contribution in [2.24, 2.45) is 5.92 Å². The maximum absolute atomic E-state index is 14.6. The predicted molar refractivity (Wildman–Crippen MR) is 175 cm³/mol. The summed E-state index contributed by atoms with van der Waals surface area (Å²) < 4.78 is 38.0. The van der Waals surface area contributed by atoms with Crippen LogP contribution in [0.3, 0.4) is 0 Å². The Kier molecular flexibility index (Phi) is 7.88. The summed E-state index contributed by atoms with van der Waals surface area (Å²) in [6, 6.07) is 14.7. The lowest BCUT2D eigenvalue weighted by atomic mass is 10.0. The fourth-order valence-corrected chi connectivity index (χ4v) is 6.85. The molecule has 4 aromatic heterocycles. The van der Waals surface area contributed by atoms with E-state index in [9.17, 15) is 12.8 Å². The smallest absolute Gasteiger partial charge is 0.159 e. The highest BCUT2D eigenvalue weighted by Gasteiger charge is 2.18. The van der Waals surface area contributed by atoms with Gasteiger partial charge in [-0.3, -0.25) is 15.1 Å². The van der Waals surface area contributed by atoms with Gasteiger partial charge in [0.1, 0.15) is 26.9 Å². The van der Waals surface area contributed by atoms with Crippen LogP contribution in [0.5, 0.6) is 0 Å². The molecule has 0 saturated heterocycles. The first-order valence-electron chi connectivity index (χ1n) is 15.2. The van der Waals surface area contributed by atoms with E-state index in [1.165, 1.54) is 44.1 Å². The Hall–Kier alpha value is -4.48. The fraction of sp³-hybridized carbons (Fsp3) is 0.294. The number of benzene rings is 2. The molecule has 0 radical (unpaired) electrons. The van der Waals surface area contributed by atoms with Crippen molar-refractivity contribution in [2.75, 3.05) is 18.6 Å². The Morgan fingerprint density at radius 3 is 2.62 bits per heavy atom. The van der Waals surface area contributed by atoms with Crippen molar-refractivity contribution >= 4 is 31.8 Å². The van der Waals surface area contributed by atoms with E-state index >= 15 is 0 Å². The van der Waals surface area contributed by atoms with Crippen LogP contribution in [0.1, 0.15) is 36.8 Å². The summed E-state index contributed by atoms with van der Waals surface area (Å²) in [5, 5.41) is 12.2. The molecule has 2 aromatic carbocycles. The van der Waals surface area contributed by atoms with Gasteiger partial charge in [0.25, 0.3) is 0 Å². The maximum Gasteiger partial charge on any atom is 0.159 e. The number of nitrogens with zero attached hydrogens (tertiary/aromatic N) is 4. The zero-order valence-electron chi connectivity index (χ0n) is 25.0. The molecule has 4 heterocycles.